The van der Waals surface area contributed by atoms with Crippen LogP contribution in [0.4, 0.5) is 0 Å². The lowest BCUT2D eigenvalue weighted by molar-refractivity contribution is -0.147. The van der Waals surface area contributed by atoms with E-state index in [-0.39, 0.29) is 17.5 Å². The Bertz CT molecular complexity index is 713. The quantitative estimate of drug-likeness (QED) is 0.759. The summed E-state index contributed by atoms with van der Waals surface area (Å²) in [5, 5.41) is 3.39. The smallest absolute Gasteiger partial charge is 0.312 e. The van der Waals surface area contributed by atoms with Gasteiger partial charge in [-0.1, -0.05) is 0 Å². The molecular formula is C19H26N2O5S. The Balaban J connectivity index is 1.56. The van der Waals surface area contributed by atoms with Crippen LogP contribution in [0.3, 0.4) is 0 Å². The molecule has 4 rings (SSSR count). The molecule has 0 saturated carbocycles. The number of carbonyl (C=O) groups excluding carboxylic acids is 2. The number of hydrogen-bond donors (Lipinski definition) is 1. The number of thiophene rings is 1. The van der Waals surface area contributed by atoms with E-state index < -0.39 is 5.92 Å². The third-order valence-corrected chi connectivity index (χ3v) is 6.90. The summed E-state index contributed by atoms with van der Waals surface area (Å²) in [5.41, 5.74) is 0.948. The van der Waals surface area contributed by atoms with Crippen molar-refractivity contribution in [3.63, 3.8) is 0 Å². The molecule has 1 atom stereocenters. The first kappa shape index (κ1) is 18.9. The molecular weight excluding hydrogens is 368 g/mol. The summed E-state index contributed by atoms with van der Waals surface area (Å²) in [5.74, 6) is -0.796. The highest BCUT2D eigenvalue weighted by atomic mass is 32.1. The molecule has 0 bridgehead atoms. The first-order valence-electron chi connectivity index (χ1n) is 9.56. The molecule has 27 heavy (non-hydrogen) atoms. The maximum atomic E-state index is 13.2. The van der Waals surface area contributed by atoms with Gasteiger partial charge >= 0.3 is 5.97 Å². The molecule has 1 spiro atoms. The zero-order valence-corrected chi connectivity index (χ0v) is 16.4. The first-order valence-corrected chi connectivity index (χ1v) is 10.4. The number of piperidine rings is 1. The summed E-state index contributed by atoms with van der Waals surface area (Å²) in [6.45, 7) is 4.12. The first-order chi connectivity index (χ1) is 13.1. The largest absolute Gasteiger partial charge is 0.469 e. The van der Waals surface area contributed by atoms with Gasteiger partial charge in [-0.15, -0.1) is 11.3 Å². The standard InChI is InChI=1S/C19H26N2O5S/c1-24-18(23)13-11-21(7-9-25-12-13)17(22)16-10-14-15(27-16)2-8-26-19(14)3-5-20-6-4-19/h10,13,20H,2-9,11-12H2,1H3. The summed E-state index contributed by atoms with van der Waals surface area (Å²) >= 11 is 1.58. The maximum Gasteiger partial charge on any atom is 0.312 e. The minimum atomic E-state index is -0.435. The zero-order valence-electron chi connectivity index (χ0n) is 15.6. The van der Waals surface area contributed by atoms with Crippen molar-refractivity contribution in [1.82, 2.24) is 10.2 Å². The van der Waals surface area contributed by atoms with Crippen LogP contribution in [0.5, 0.6) is 0 Å². The molecule has 2 saturated heterocycles. The lowest BCUT2D eigenvalue weighted by Crippen LogP contribution is -2.44. The molecule has 0 aromatic carbocycles. The summed E-state index contributed by atoms with van der Waals surface area (Å²) < 4.78 is 16.6. The molecule has 1 aromatic heterocycles. The van der Waals surface area contributed by atoms with Gasteiger partial charge in [0.15, 0.2) is 0 Å². The number of nitrogens with zero attached hydrogens (tertiary/aromatic N) is 1. The van der Waals surface area contributed by atoms with Crippen molar-refractivity contribution in [3.8, 4) is 0 Å². The van der Waals surface area contributed by atoms with E-state index >= 15 is 0 Å². The fourth-order valence-corrected chi connectivity index (χ4v) is 5.43. The normalized spacial score (nSPS) is 24.9. The van der Waals surface area contributed by atoms with Gasteiger partial charge in [0.05, 0.1) is 43.3 Å². The lowest BCUT2D eigenvalue weighted by atomic mass is 9.83. The second-order valence-corrected chi connectivity index (χ2v) is 8.47. The molecule has 0 aliphatic carbocycles. The summed E-state index contributed by atoms with van der Waals surface area (Å²) in [6.07, 6.45) is 2.73. The van der Waals surface area contributed by atoms with Crippen LogP contribution in [-0.2, 0) is 31.0 Å². The van der Waals surface area contributed by atoms with Gasteiger partial charge < -0.3 is 24.4 Å². The fourth-order valence-electron chi connectivity index (χ4n) is 4.23. The van der Waals surface area contributed by atoms with Crippen molar-refractivity contribution in [2.45, 2.75) is 24.9 Å². The predicted octanol–water partition coefficient (Wildman–Crippen LogP) is 1.16. The van der Waals surface area contributed by atoms with Crippen LogP contribution in [-0.4, -0.2) is 69.9 Å². The van der Waals surface area contributed by atoms with Crippen molar-refractivity contribution in [1.29, 1.82) is 0 Å². The second-order valence-electron chi connectivity index (χ2n) is 7.34. The van der Waals surface area contributed by atoms with Crippen LogP contribution in [0.2, 0.25) is 0 Å². The number of fused-ring (bicyclic) bond motifs is 2. The Labute approximate surface area is 163 Å². The van der Waals surface area contributed by atoms with E-state index in [1.54, 1.807) is 16.2 Å². The van der Waals surface area contributed by atoms with E-state index in [4.69, 9.17) is 14.2 Å². The Morgan fingerprint density at radius 2 is 2.15 bits per heavy atom. The van der Waals surface area contributed by atoms with E-state index in [9.17, 15) is 9.59 Å². The van der Waals surface area contributed by atoms with Crippen LogP contribution >= 0.6 is 11.3 Å². The summed E-state index contributed by atoms with van der Waals surface area (Å²) in [7, 11) is 1.37. The van der Waals surface area contributed by atoms with Crippen molar-refractivity contribution in [2.75, 3.05) is 53.1 Å². The van der Waals surface area contributed by atoms with Crippen molar-refractivity contribution in [2.24, 2.45) is 5.92 Å². The maximum absolute atomic E-state index is 13.2. The van der Waals surface area contributed by atoms with E-state index in [1.807, 2.05) is 6.07 Å². The second kappa shape index (κ2) is 7.87. The van der Waals surface area contributed by atoms with E-state index in [0.29, 0.717) is 32.9 Å². The average Bonchev–Trinajstić information content (AvgIpc) is 2.99. The van der Waals surface area contributed by atoms with E-state index in [0.717, 1.165) is 37.2 Å². The minimum absolute atomic E-state index is 0.0297. The van der Waals surface area contributed by atoms with Gasteiger partial charge in [-0.05, 0) is 37.6 Å². The molecule has 3 aliphatic heterocycles. The predicted molar refractivity (Wildman–Crippen MR) is 100.0 cm³/mol. The van der Waals surface area contributed by atoms with Gasteiger partial charge in [-0.25, -0.2) is 0 Å². The number of ether oxygens (including phenoxy) is 3. The Kier molecular flexibility index (Phi) is 5.50. The molecule has 148 valence electrons. The topological polar surface area (TPSA) is 77.1 Å². The molecule has 0 radical (unpaired) electrons. The molecule has 1 amide bonds. The molecule has 1 aromatic rings. The van der Waals surface area contributed by atoms with E-state index in [2.05, 4.69) is 5.32 Å². The number of esters is 1. The van der Waals surface area contributed by atoms with Crippen molar-refractivity contribution in [3.05, 3.63) is 21.4 Å². The van der Waals surface area contributed by atoms with Crippen molar-refractivity contribution >= 4 is 23.2 Å². The molecule has 2 fully saturated rings. The van der Waals surface area contributed by atoms with Gasteiger partial charge in [-0.3, -0.25) is 9.59 Å². The van der Waals surface area contributed by atoms with Crippen LogP contribution in [0, 0.1) is 5.92 Å². The molecule has 8 heteroatoms. The number of rotatable bonds is 2. The van der Waals surface area contributed by atoms with Gasteiger partial charge in [0.1, 0.15) is 0 Å². The Hall–Kier alpha value is -1.48. The minimum Gasteiger partial charge on any atom is -0.469 e. The van der Waals surface area contributed by atoms with Gasteiger partial charge in [0.2, 0.25) is 0 Å². The Morgan fingerprint density at radius 3 is 2.93 bits per heavy atom. The molecule has 3 aliphatic rings. The van der Waals surface area contributed by atoms with Crippen molar-refractivity contribution < 1.29 is 23.8 Å². The Morgan fingerprint density at radius 1 is 1.33 bits per heavy atom. The molecule has 4 heterocycles. The number of amides is 1. The molecule has 7 nitrogen and oxygen atoms in total. The summed E-state index contributed by atoms with van der Waals surface area (Å²) in [6, 6.07) is 2.03. The van der Waals surface area contributed by atoms with Gasteiger partial charge in [0, 0.05) is 24.4 Å². The fraction of sp³-hybridized carbons (Fsp3) is 0.684. The van der Waals surface area contributed by atoms with Crippen LogP contribution in [0.15, 0.2) is 6.07 Å². The summed E-state index contributed by atoms with van der Waals surface area (Å²) in [4.78, 5) is 28.8. The zero-order chi connectivity index (χ0) is 18.9. The third-order valence-electron chi connectivity index (χ3n) is 5.72. The van der Waals surface area contributed by atoms with Gasteiger partial charge in [-0.2, -0.15) is 0 Å². The highest BCUT2D eigenvalue weighted by Gasteiger charge is 2.41. The van der Waals surface area contributed by atoms with Crippen LogP contribution in [0.25, 0.3) is 0 Å². The highest BCUT2D eigenvalue weighted by Crippen LogP contribution is 2.43. The number of nitrogens with one attached hydrogen (secondary N) is 1. The SMILES string of the molecule is COC(=O)C1COCCN(C(=O)c2cc3c(s2)CCOC32CCNCC2)C1. The molecule has 1 unspecified atom stereocenters. The highest BCUT2D eigenvalue weighted by molar-refractivity contribution is 7.14. The third kappa shape index (κ3) is 3.63. The lowest BCUT2D eigenvalue weighted by Gasteiger charge is -2.40. The average molecular weight is 394 g/mol. The monoisotopic (exact) mass is 394 g/mol. The molecule has 1 N–H and O–H groups in total. The number of carbonyl (C=O) groups is 2. The van der Waals surface area contributed by atoms with E-state index in [1.165, 1.54) is 17.6 Å². The van der Waals surface area contributed by atoms with Crippen LogP contribution < -0.4 is 5.32 Å². The van der Waals surface area contributed by atoms with Crippen LogP contribution in [0.1, 0.15) is 33.0 Å². The number of methoxy groups -OCH3 is 1. The van der Waals surface area contributed by atoms with Gasteiger partial charge in [0.25, 0.3) is 5.91 Å². The number of hydrogen-bond acceptors (Lipinski definition) is 7.